The van der Waals surface area contributed by atoms with Crippen molar-refractivity contribution in [1.82, 2.24) is 4.90 Å². The van der Waals surface area contributed by atoms with Crippen molar-refractivity contribution in [2.24, 2.45) is 0 Å². The number of phenols is 1. The molecule has 3 heteroatoms. The number of hydrogen-bond donors (Lipinski definition) is 1. The summed E-state index contributed by atoms with van der Waals surface area (Å²) in [4.78, 5) is 2.57. The second-order valence-corrected chi connectivity index (χ2v) is 6.74. The van der Waals surface area contributed by atoms with E-state index < -0.39 is 0 Å². The second kappa shape index (κ2) is 8.39. The van der Waals surface area contributed by atoms with E-state index in [1.54, 1.807) is 6.07 Å². The normalized spacial score (nSPS) is 16.7. The van der Waals surface area contributed by atoms with Gasteiger partial charge in [-0.1, -0.05) is 78.9 Å². The van der Waals surface area contributed by atoms with Crippen LogP contribution in [-0.4, -0.2) is 22.6 Å². The largest absolute Gasteiger partial charge is 0.508 e. The molecule has 0 radical (unpaired) electrons. The molecule has 1 saturated heterocycles. The van der Waals surface area contributed by atoms with Gasteiger partial charge in [-0.15, -0.1) is 12.4 Å². The molecule has 4 rings (SSSR count). The summed E-state index contributed by atoms with van der Waals surface area (Å²) in [5, 5.41) is 10.1. The van der Waals surface area contributed by atoms with Crippen LogP contribution in [0.5, 0.6) is 5.75 Å². The molecule has 1 atom stereocenters. The lowest BCUT2D eigenvalue weighted by molar-refractivity contribution is 0.0571. The van der Waals surface area contributed by atoms with Crippen molar-refractivity contribution in [3.63, 3.8) is 0 Å². The predicted octanol–water partition coefficient (Wildman–Crippen LogP) is 5.22. The van der Waals surface area contributed by atoms with Gasteiger partial charge in [-0.2, -0.15) is 0 Å². The fraction of sp³-hybridized carbons (Fsp3) is 0.217. The number of hydrogen-bond acceptors (Lipinski definition) is 2. The van der Waals surface area contributed by atoms with Crippen molar-refractivity contribution in [3.8, 4) is 5.75 Å². The van der Waals surface area contributed by atoms with Gasteiger partial charge in [0.2, 0.25) is 0 Å². The number of aromatic hydroxyl groups is 1. The van der Waals surface area contributed by atoms with E-state index in [4.69, 9.17) is 0 Å². The Morgan fingerprint density at radius 1 is 0.808 bits per heavy atom. The molecule has 0 aliphatic carbocycles. The lowest BCUT2D eigenvalue weighted by Gasteiger charge is -2.47. The van der Waals surface area contributed by atoms with Gasteiger partial charge < -0.3 is 5.11 Å². The van der Waals surface area contributed by atoms with E-state index in [9.17, 15) is 5.11 Å². The molecular formula is C23H24ClNO. The monoisotopic (exact) mass is 365 g/mol. The highest BCUT2D eigenvalue weighted by Gasteiger charge is 2.35. The molecule has 0 bridgehead atoms. The van der Waals surface area contributed by atoms with E-state index in [-0.39, 0.29) is 18.4 Å². The Morgan fingerprint density at radius 3 is 1.85 bits per heavy atom. The van der Waals surface area contributed by atoms with Crippen LogP contribution >= 0.6 is 12.4 Å². The molecule has 1 aliphatic rings. The summed E-state index contributed by atoms with van der Waals surface area (Å²) in [7, 11) is 0. The zero-order valence-electron chi connectivity index (χ0n) is 14.7. The van der Waals surface area contributed by atoms with Gasteiger partial charge in [-0.3, -0.25) is 4.90 Å². The molecule has 0 aromatic heterocycles. The highest BCUT2D eigenvalue weighted by Crippen LogP contribution is 2.37. The van der Waals surface area contributed by atoms with Crippen molar-refractivity contribution in [2.45, 2.75) is 24.9 Å². The smallest absolute Gasteiger partial charge is 0.118 e. The molecule has 0 amide bonds. The summed E-state index contributed by atoms with van der Waals surface area (Å²) < 4.78 is 0. The highest BCUT2D eigenvalue weighted by atomic mass is 35.5. The molecule has 0 spiro atoms. The zero-order chi connectivity index (χ0) is 17.1. The fourth-order valence-corrected chi connectivity index (χ4v) is 3.80. The number of nitrogens with zero attached hydrogens (tertiary/aromatic N) is 1. The minimum atomic E-state index is 0. The molecule has 0 saturated carbocycles. The third kappa shape index (κ3) is 3.77. The molecule has 3 aromatic rings. The lowest BCUT2D eigenvalue weighted by Crippen LogP contribution is -2.50. The van der Waals surface area contributed by atoms with Crippen LogP contribution in [-0.2, 0) is 6.42 Å². The molecule has 3 aromatic carbocycles. The van der Waals surface area contributed by atoms with Crippen LogP contribution in [0.15, 0.2) is 84.9 Å². The van der Waals surface area contributed by atoms with E-state index in [1.165, 1.54) is 17.5 Å². The summed E-state index contributed by atoms with van der Waals surface area (Å²) in [5.74, 6) is 0.408. The molecular weight excluding hydrogens is 342 g/mol. The molecule has 1 N–H and O–H groups in total. The first kappa shape index (κ1) is 18.5. The maximum Gasteiger partial charge on any atom is 0.118 e. The Balaban J connectivity index is 0.00000196. The number of rotatable bonds is 5. The topological polar surface area (TPSA) is 23.5 Å². The molecule has 2 nitrogen and oxygen atoms in total. The molecule has 0 unspecified atom stereocenters. The summed E-state index contributed by atoms with van der Waals surface area (Å²) in [6, 6.07) is 29.9. The van der Waals surface area contributed by atoms with Gasteiger partial charge in [0, 0.05) is 12.6 Å². The standard InChI is InChI=1S/C23H23NO.ClH/c25-22-14-8-7-13-20(22)17-21-15-16-24(21)23(18-9-3-1-4-10-18)19-11-5-2-6-12-19;/h1-14,21,23,25H,15-17H2;1H/t21-;/m0./s1. The van der Waals surface area contributed by atoms with Crippen molar-refractivity contribution < 1.29 is 5.11 Å². The summed E-state index contributed by atoms with van der Waals surface area (Å²) >= 11 is 0. The quantitative estimate of drug-likeness (QED) is 0.670. The zero-order valence-corrected chi connectivity index (χ0v) is 15.5. The number of benzene rings is 3. The predicted molar refractivity (Wildman–Crippen MR) is 109 cm³/mol. The fourth-order valence-electron chi connectivity index (χ4n) is 3.80. The summed E-state index contributed by atoms with van der Waals surface area (Å²) in [6.07, 6.45) is 2.06. The van der Waals surface area contributed by atoms with E-state index in [2.05, 4.69) is 65.6 Å². The SMILES string of the molecule is Cl.Oc1ccccc1C[C@@H]1CCN1C(c1ccccc1)c1ccccc1. The molecule has 26 heavy (non-hydrogen) atoms. The Kier molecular flexibility index (Phi) is 5.97. The minimum absolute atomic E-state index is 0. The summed E-state index contributed by atoms with van der Waals surface area (Å²) in [6.45, 7) is 1.09. The first-order valence-corrected chi connectivity index (χ1v) is 8.95. The van der Waals surface area contributed by atoms with Gasteiger partial charge >= 0.3 is 0 Å². The van der Waals surface area contributed by atoms with E-state index in [1.807, 2.05) is 18.2 Å². The van der Waals surface area contributed by atoms with Gasteiger partial charge in [0.05, 0.1) is 6.04 Å². The Labute approximate surface area is 161 Å². The van der Waals surface area contributed by atoms with Gasteiger partial charge in [-0.05, 0) is 35.6 Å². The lowest BCUT2D eigenvalue weighted by atomic mass is 9.87. The van der Waals surface area contributed by atoms with Crippen LogP contribution in [0.1, 0.15) is 29.2 Å². The van der Waals surface area contributed by atoms with Crippen LogP contribution in [0.4, 0.5) is 0 Å². The third-order valence-corrected chi connectivity index (χ3v) is 5.20. The first-order chi connectivity index (χ1) is 12.3. The third-order valence-electron chi connectivity index (χ3n) is 5.20. The highest BCUT2D eigenvalue weighted by molar-refractivity contribution is 5.85. The second-order valence-electron chi connectivity index (χ2n) is 6.74. The average Bonchev–Trinajstić information content (AvgIpc) is 2.66. The van der Waals surface area contributed by atoms with Crippen molar-refractivity contribution in [2.75, 3.05) is 6.54 Å². The Hall–Kier alpha value is -2.29. The molecule has 134 valence electrons. The number of para-hydroxylation sites is 1. The molecule has 1 aliphatic heterocycles. The Bertz CT molecular complexity index is 782. The van der Waals surface area contributed by atoms with Gasteiger partial charge in [0.1, 0.15) is 5.75 Å². The van der Waals surface area contributed by atoms with E-state index >= 15 is 0 Å². The van der Waals surface area contributed by atoms with Crippen molar-refractivity contribution in [3.05, 3.63) is 102 Å². The van der Waals surface area contributed by atoms with Crippen LogP contribution < -0.4 is 0 Å². The van der Waals surface area contributed by atoms with Gasteiger partial charge in [0.15, 0.2) is 0 Å². The van der Waals surface area contributed by atoms with Crippen molar-refractivity contribution in [1.29, 1.82) is 0 Å². The van der Waals surface area contributed by atoms with Gasteiger partial charge in [0.25, 0.3) is 0 Å². The van der Waals surface area contributed by atoms with Gasteiger partial charge in [-0.25, -0.2) is 0 Å². The van der Waals surface area contributed by atoms with Crippen LogP contribution in [0.2, 0.25) is 0 Å². The van der Waals surface area contributed by atoms with Crippen LogP contribution in [0, 0.1) is 0 Å². The molecule has 1 fully saturated rings. The maximum atomic E-state index is 10.1. The van der Waals surface area contributed by atoms with E-state index in [0.29, 0.717) is 11.8 Å². The Morgan fingerprint density at radius 2 is 1.35 bits per heavy atom. The van der Waals surface area contributed by atoms with Crippen LogP contribution in [0.25, 0.3) is 0 Å². The number of halogens is 1. The molecule has 1 heterocycles. The average molecular weight is 366 g/mol. The summed E-state index contributed by atoms with van der Waals surface area (Å²) in [5.41, 5.74) is 3.70. The van der Waals surface area contributed by atoms with Crippen molar-refractivity contribution >= 4 is 12.4 Å². The number of phenolic OH excluding ortho intramolecular Hbond substituents is 1. The first-order valence-electron chi connectivity index (χ1n) is 8.95. The van der Waals surface area contributed by atoms with Crippen LogP contribution in [0.3, 0.4) is 0 Å². The minimum Gasteiger partial charge on any atom is -0.508 e. The van der Waals surface area contributed by atoms with E-state index in [0.717, 1.165) is 18.5 Å². The maximum absolute atomic E-state index is 10.1. The number of likely N-dealkylation sites (tertiary alicyclic amines) is 1.